The predicted molar refractivity (Wildman–Crippen MR) is 149 cm³/mol. The number of hydrogen-bond acceptors (Lipinski definition) is 7. The van der Waals surface area contributed by atoms with Gasteiger partial charge in [-0.05, 0) is 69.7 Å². The summed E-state index contributed by atoms with van der Waals surface area (Å²) in [5, 5.41) is 8.54. The Bertz CT molecular complexity index is 1320. The van der Waals surface area contributed by atoms with Gasteiger partial charge in [0.05, 0.1) is 22.9 Å². The Balaban J connectivity index is 1.67. The Morgan fingerprint density at radius 3 is 2.49 bits per heavy atom. The van der Waals surface area contributed by atoms with E-state index >= 15 is 0 Å². The van der Waals surface area contributed by atoms with Crippen LogP contribution >= 0.6 is 11.6 Å². The van der Waals surface area contributed by atoms with E-state index in [2.05, 4.69) is 25.9 Å². The van der Waals surface area contributed by atoms with Crippen molar-refractivity contribution >= 4 is 41.0 Å². The molecule has 11 heteroatoms. The van der Waals surface area contributed by atoms with Gasteiger partial charge in [-0.1, -0.05) is 24.6 Å². The van der Waals surface area contributed by atoms with Crippen LogP contribution in [-0.4, -0.2) is 46.6 Å². The number of hydrogen-bond donors (Lipinski definition) is 3. The lowest BCUT2D eigenvalue weighted by Crippen LogP contribution is -2.35. The average molecular weight is 554 g/mol. The number of aryl methyl sites for hydroxylation is 1. The fourth-order valence-electron chi connectivity index (χ4n) is 3.30. The molecule has 39 heavy (non-hydrogen) atoms. The summed E-state index contributed by atoms with van der Waals surface area (Å²) in [6, 6.07) is 11.5. The van der Waals surface area contributed by atoms with Gasteiger partial charge >= 0.3 is 6.09 Å². The molecule has 0 spiro atoms. The molecule has 2 heterocycles. The van der Waals surface area contributed by atoms with Crippen LogP contribution in [0.4, 0.5) is 16.3 Å². The molecule has 0 aliphatic carbocycles. The van der Waals surface area contributed by atoms with Gasteiger partial charge in [0.15, 0.2) is 5.69 Å². The van der Waals surface area contributed by atoms with Gasteiger partial charge in [0.2, 0.25) is 0 Å². The molecule has 2 aromatic heterocycles. The molecule has 0 aliphatic heterocycles. The highest BCUT2D eigenvalue weighted by atomic mass is 35.5. The van der Waals surface area contributed by atoms with Crippen LogP contribution in [0.25, 0.3) is 0 Å². The number of rotatable bonds is 9. The highest BCUT2D eigenvalue weighted by molar-refractivity contribution is 6.30. The number of halogens is 1. The van der Waals surface area contributed by atoms with E-state index in [0.717, 1.165) is 5.56 Å². The zero-order valence-corrected chi connectivity index (χ0v) is 23.3. The fourth-order valence-corrected chi connectivity index (χ4v) is 3.41. The van der Waals surface area contributed by atoms with Crippen LogP contribution in [0.15, 0.2) is 54.9 Å². The molecule has 1 aromatic carbocycles. The summed E-state index contributed by atoms with van der Waals surface area (Å²) >= 11 is 5.85. The average Bonchev–Trinajstić information content (AvgIpc) is 2.87. The third kappa shape index (κ3) is 9.26. The molecule has 3 aromatic rings. The normalized spacial score (nSPS) is 11.7. The van der Waals surface area contributed by atoms with Crippen molar-refractivity contribution in [3.63, 3.8) is 0 Å². The van der Waals surface area contributed by atoms with Gasteiger partial charge in [-0.2, -0.15) is 0 Å². The van der Waals surface area contributed by atoms with Crippen LogP contribution < -0.4 is 20.7 Å². The minimum absolute atomic E-state index is 0.0130. The van der Waals surface area contributed by atoms with Crippen molar-refractivity contribution in [2.24, 2.45) is 5.92 Å². The fraction of sp³-hybridized carbons (Fsp3) is 0.321. The monoisotopic (exact) mass is 553 g/mol. The molecular weight excluding hydrogens is 522 g/mol. The molecule has 0 aliphatic rings. The molecule has 3 N–H and O–H groups in total. The first-order valence-corrected chi connectivity index (χ1v) is 12.7. The number of carbonyl (C=O) groups is 3. The van der Waals surface area contributed by atoms with Gasteiger partial charge in [-0.3, -0.25) is 9.59 Å². The Hall–Kier alpha value is -4.18. The molecule has 1 atom stereocenters. The smallest absolute Gasteiger partial charge is 0.407 e. The molecule has 0 saturated heterocycles. The standard InChI is InChI=1S/C28H32ClN5O5/c1-17-8-10-20(22(13-17)38-16-18(2)14-32-27(37)39-28(3,4)5)25(35)33-21-7-6-12-30-24(21)26(36)34-23-11-9-19(29)15-31-23/h6-13,15,18H,14,16H2,1-5H3,(H,32,37)(H,33,35)(H,31,34,36). The summed E-state index contributed by atoms with van der Waals surface area (Å²) < 4.78 is 11.2. The minimum Gasteiger partial charge on any atom is -0.492 e. The third-order valence-electron chi connectivity index (χ3n) is 5.14. The largest absolute Gasteiger partial charge is 0.492 e. The molecule has 10 nitrogen and oxygen atoms in total. The first-order valence-electron chi connectivity index (χ1n) is 12.3. The second-order valence-electron chi connectivity index (χ2n) is 9.97. The first kappa shape index (κ1) is 29.4. The Labute approximate surface area is 232 Å². The number of ether oxygens (including phenoxy) is 2. The van der Waals surface area contributed by atoms with Crippen LogP contribution in [0.3, 0.4) is 0 Å². The van der Waals surface area contributed by atoms with Crippen molar-refractivity contribution in [1.82, 2.24) is 15.3 Å². The van der Waals surface area contributed by atoms with Crippen LogP contribution in [0.2, 0.25) is 5.02 Å². The van der Waals surface area contributed by atoms with E-state index in [1.54, 1.807) is 63.2 Å². The van der Waals surface area contributed by atoms with E-state index in [1.807, 2.05) is 13.8 Å². The van der Waals surface area contributed by atoms with Gasteiger partial charge in [-0.15, -0.1) is 0 Å². The summed E-state index contributed by atoms with van der Waals surface area (Å²) in [6.45, 7) is 9.75. The van der Waals surface area contributed by atoms with Crippen LogP contribution in [0.5, 0.6) is 5.75 Å². The molecule has 3 rings (SSSR count). The summed E-state index contributed by atoms with van der Waals surface area (Å²) in [7, 11) is 0. The zero-order valence-electron chi connectivity index (χ0n) is 22.5. The number of anilines is 2. The van der Waals surface area contributed by atoms with Gasteiger partial charge < -0.3 is 25.4 Å². The molecule has 1 unspecified atom stereocenters. The second kappa shape index (κ2) is 13.1. The van der Waals surface area contributed by atoms with Gasteiger partial charge in [0.25, 0.3) is 11.8 Å². The lowest BCUT2D eigenvalue weighted by atomic mass is 10.1. The van der Waals surface area contributed by atoms with Gasteiger partial charge in [0.1, 0.15) is 17.2 Å². The van der Waals surface area contributed by atoms with Crippen LogP contribution in [0, 0.1) is 12.8 Å². The molecule has 0 bridgehead atoms. The van der Waals surface area contributed by atoms with Gasteiger partial charge in [0, 0.05) is 24.9 Å². The third-order valence-corrected chi connectivity index (χ3v) is 5.36. The summed E-state index contributed by atoms with van der Waals surface area (Å²) in [5.41, 5.74) is 0.824. The van der Waals surface area contributed by atoms with Crippen LogP contribution in [-0.2, 0) is 4.74 Å². The van der Waals surface area contributed by atoms with Crippen molar-refractivity contribution in [1.29, 1.82) is 0 Å². The molecule has 0 radical (unpaired) electrons. The summed E-state index contributed by atoms with van der Waals surface area (Å²) in [5.74, 6) is -0.429. The van der Waals surface area contributed by atoms with Crippen LogP contribution in [0.1, 0.15) is 54.1 Å². The number of aromatic nitrogens is 2. The molecule has 3 amide bonds. The lowest BCUT2D eigenvalue weighted by molar-refractivity contribution is 0.0516. The van der Waals surface area contributed by atoms with Crippen molar-refractivity contribution in [3.8, 4) is 5.75 Å². The SMILES string of the molecule is Cc1ccc(C(=O)Nc2cccnc2C(=O)Nc2ccc(Cl)cn2)c(OCC(C)CNC(=O)OC(C)(C)C)c1. The van der Waals surface area contributed by atoms with Crippen molar-refractivity contribution < 1.29 is 23.9 Å². The molecule has 0 saturated carbocycles. The maximum Gasteiger partial charge on any atom is 0.407 e. The molecule has 0 fully saturated rings. The zero-order chi connectivity index (χ0) is 28.6. The predicted octanol–water partition coefficient (Wildman–Crippen LogP) is 5.48. The summed E-state index contributed by atoms with van der Waals surface area (Å²) in [6.07, 6.45) is 2.35. The number of amides is 3. The highest BCUT2D eigenvalue weighted by Crippen LogP contribution is 2.24. The van der Waals surface area contributed by atoms with Crippen molar-refractivity contribution in [2.75, 3.05) is 23.8 Å². The van der Waals surface area contributed by atoms with E-state index in [1.165, 1.54) is 12.4 Å². The molecular formula is C28H32ClN5O5. The molecule has 206 valence electrons. The number of nitrogens with one attached hydrogen (secondary N) is 3. The van der Waals surface area contributed by atoms with E-state index in [-0.39, 0.29) is 35.3 Å². The van der Waals surface area contributed by atoms with E-state index < -0.39 is 23.5 Å². The lowest BCUT2D eigenvalue weighted by Gasteiger charge is -2.21. The quantitative estimate of drug-likeness (QED) is 0.319. The van der Waals surface area contributed by atoms with Gasteiger partial charge in [-0.25, -0.2) is 14.8 Å². The van der Waals surface area contributed by atoms with E-state index in [9.17, 15) is 14.4 Å². The number of alkyl carbamates (subject to hydrolysis) is 1. The number of pyridine rings is 2. The number of carbonyl (C=O) groups excluding carboxylic acids is 3. The second-order valence-corrected chi connectivity index (χ2v) is 10.4. The van der Waals surface area contributed by atoms with E-state index in [0.29, 0.717) is 17.3 Å². The topological polar surface area (TPSA) is 132 Å². The Kier molecular flexibility index (Phi) is 9.84. The Morgan fingerprint density at radius 2 is 1.79 bits per heavy atom. The first-order chi connectivity index (χ1) is 18.4. The highest BCUT2D eigenvalue weighted by Gasteiger charge is 2.20. The maximum atomic E-state index is 13.3. The number of nitrogens with zero attached hydrogens (tertiary/aromatic N) is 2. The van der Waals surface area contributed by atoms with Crippen molar-refractivity contribution in [2.45, 2.75) is 40.2 Å². The summed E-state index contributed by atoms with van der Waals surface area (Å²) in [4.78, 5) is 46.2. The van der Waals surface area contributed by atoms with Crippen molar-refractivity contribution in [3.05, 3.63) is 76.7 Å². The Morgan fingerprint density at radius 1 is 1.03 bits per heavy atom. The number of benzene rings is 1. The minimum atomic E-state index is -0.588. The maximum absolute atomic E-state index is 13.3. The van der Waals surface area contributed by atoms with E-state index in [4.69, 9.17) is 21.1 Å².